The van der Waals surface area contributed by atoms with Gasteiger partial charge in [0.25, 0.3) is 5.91 Å². The maximum absolute atomic E-state index is 12.4. The van der Waals surface area contributed by atoms with E-state index in [0.29, 0.717) is 31.1 Å². The second-order valence-electron chi connectivity index (χ2n) is 4.14. The third kappa shape index (κ3) is 4.50. The van der Waals surface area contributed by atoms with Gasteiger partial charge >= 0.3 is 0 Å². The zero-order chi connectivity index (χ0) is 14.3. The molecule has 6 nitrogen and oxygen atoms in total. The number of carbonyl (C=O) groups excluding carboxylic acids is 1. The Morgan fingerprint density at radius 3 is 2.79 bits per heavy atom. The average Bonchev–Trinajstić information content (AvgIpc) is 2.41. The van der Waals surface area contributed by atoms with Gasteiger partial charge in [-0.05, 0) is 19.1 Å². The summed E-state index contributed by atoms with van der Waals surface area (Å²) >= 11 is 0. The van der Waals surface area contributed by atoms with Gasteiger partial charge in [-0.3, -0.25) is 4.79 Å². The second kappa shape index (κ2) is 7.70. The molecule has 19 heavy (non-hydrogen) atoms. The van der Waals surface area contributed by atoms with Gasteiger partial charge in [0.15, 0.2) is 0 Å². The van der Waals surface area contributed by atoms with E-state index in [1.54, 1.807) is 31.2 Å². The van der Waals surface area contributed by atoms with Gasteiger partial charge in [0.1, 0.15) is 5.82 Å². The molecule has 1 heterocycles. The molecule has 0 aliphatic carbocycles. The van der Waals surface area contributed by atoms with Gasteiger partial charge in [-0.1, -0.05) is 0 Å². The van der Waals surface area contributed by atoms with Crippen molar-refractivity contribution in [2.24, 2.45) is 0 Å². The highest BCUT2D eigenvalue weighted by molar-refractivity contribution is 5.95. The molecule has 0 bridgehead atoms. The van der Waals surface area contributed by atoms with Crippen LogP contribution in [0.1, 0.15) is 16.1 Å². The smallest absolute Gasteiger partial charge is 0.254 e. The summed E-state index contributed by atoms with van der Waals surface area (Å²) in [6, 6.07) is 3.44. The first kappa shape index (κ1) is 15.4. The molecule has 0 aliphatic rings. The molecular weight excluding hydrogens is 246 g/mol. The summed E-state index contributed by atoms with van der Waals surface area (Å²) in [6.07, 6.45) is 0. The van der Waals surface area contributed by atoms with E-state index in [1.807, 2.05) is 6.92 Å². The van der Waals surface area contributed by atoms with Crippen LogP contribution in [-0.2, 0) is 4.74 Å². The summed E-state index contributed by atoms with van der Waals surface area (Å²) in [7, 11) is 3.34. The Morgan fingerprint density at radius 1 is 1.47 bits per heavy atom. The lowest BCUT2D eigenvalue weighted by Gasteiger charge is -2.21. The number of aryl methyl sites for hydroxylation is 1. The fraction of sp³-hybridized carbons (Fsp3) is 0.538. The number of aromatic nitrogens is 1. The van der Waals surface area contributed by atoms with E-state index in [2.05, 4.69) is 10.3 Å². The number of nitrogens with one attached hydrogen (secondary N) is 1. The largest absolute Gasteiger partial charge is 0.395 e. The Hall–Kier alpha value is -1.66. The number of carbonyl (C=O) groups is 1. The monoisotopic (exact) mass is 267 g/mol. The van der Waals surface area contributed by atoms with Crippen LogP contribution in [0, 0.1) is 6.92 Å². The number of aliphatic hydroxyl groups is 1. The van der Waals surface area contributed by atoms with Crippen molar-refractivity contribution in [2.75, 3.05) is 45.8 Å². The zero-order valence-corrected chi connectivity index (χ0v) is 11.6. The van der Waals surface area contributed by atoms with E-state index in [9.17, 15) is 4.79 Å². The van der Waals surface area contributed by atoms with Crippen molar-refractivity contribution < 1.29 is 14.6 Å². The van der Waals surface area contributed by atoms with Crippen LogP contribution < -0.4 is 5.32 Å². The SMILES string of the molecule is CNc1cc(C(=O)N(CCO)CCOC)cc(C)n1. The molecule has 0 aliphatic heterocycles. The molecule has 1 aromatic heterocycles. The van der Waals surface area contributed by atoms with Crippen LogP contribution in [-0.4, -0.2) is 61.4 Å². The van der Waals surface area contributed by atoms with E-state index < -0.39 is 0 Å². The predicted octanol–water partition coefficient (Wildman–Crippen LogP) is 0.513. The van der Waals surface area contributed by atoms with E-state index >= 15 is 0 Å². The Bertz CT molecular complexity index is 424. The molecule has 1 aromatic rings. The van der Waals surface area contributed by atoms with Gasteiger partial charge in [-0.15, -0.1) is 0 Å². The number of methoxy groups -OCH3 is 1. The first-order valence-electron chi connectivity index (χ1n) is 6.18. The summed E-state index contributed by atoms with van der Waals surface area (Å²) in [5, 5.41) is 11.9. The molecule has 0 atom stereocenters. The summed E-state index contributed by atoms with van der Waals surface area (Å²) in [6.45, 7) is 2.95. The van der Waals surface area contributed by atoms with Crippen molar-refractivity contribution in [3.05, 3.63) is 23.4 Å². The number of nitrogens with zero attached hydrogens (tertiary/aromatic N) is 2. The van der Waals surface area contributed by atoms with Crippen molar-refractivity contribution in [2.45, 2.75) is 6.92 Å². The molecule has 0 fully saturated rings. The van der Waals surface area contributed by atoms with Gasteiger partial charge in [-0.25, -0.2) is 4.98 Å². The normalized spacial score (nSPS) is 10.3. The van der Waals surface area contributed by atoms with Crippen LogP contribution in [0.2, 0.25) is 0 Å². The molecule has 0 saturated heterocycles. The molecule has 0 aromatic carbocycles. The van der Waals surface area contributed by atoms with Crippen LogP contribution in [0.3, 0.4) is 0 Å². The Balaban J connectivity index is 2.91. The van der Waals surface area contributed by atoms with Crippen LogP contribution >= 0.6 is 0 Å². The van der Waals surface area contributed by atoms with Crippen LogP contribution in [0.25, 0.3) is 0 Å². The lowest BCUT2D eigenvalue weighted by atomic mass is 10.2. The van der Waals surface area contributed by atoms with Gasteiger partial charge in [-0.2, -0.15) is 0 Å². The van der Waals surface area contributed by atoms with Crippen LogP contribution in [0.15, 0.2) is 12.1 Å². The first-order valence-corrected chi connectivity index (χ1v) is 6.18. The molecule has 6 heteroatoms. The molecule has 0 radical (unpaired) electrons. The maximum Gasteiger partial charge on any atom is 0.254 e. The highest BCUT2D eigenvalue weighted by Crippen LogP contribution is 2.12. The topological polar surface area (TPSA) is 74.7 Å². The molecule has 106 valence electrons. The zero-order valence-electron chi connectivity index (χ0n) is 11.6. The Kier molecular flexibility index (Phi) is 6.24. The van der Waals surface area contributed by atoms with Crippen LogP contribution in [0.5, 0.6) is 0 Å². The number of anilines is 1. The van der Waals surface area contributed by atoms with Gasteiger partial charge in [0.05, 0.1) is 13.2 Å². The number of hydrogen-bond donors (Lipinski definition) is 2. The van der Waals surface area contributed by atoms with Gasteiger partial charge in [0.2, 0.25) is 0 Å². The van der Waals surface area contributed by atoms with Crippen molar-refractivity contribution in [1.29, 1.82) is 0 Å². The highest BCUT2D eigenvalue weighted by atomic mass is 16.5. The number of amides is 1. The fourth-order valence-electron chi connectivity index (χ4n) is 1.74. The van der Waals surface area contributed by atoms with Gasteiger partial charge in [0, 0.05) is 38.5 Å². The number of hydrogen-bond acceptors (Lipinski definition) is 5. The average molecular weight is 267 g/mol. The summed E-state index contributed by atoms with van der Waals surface area (Å²) < 4.78 is 4.97. The van der Waals surface area contributed by atoms with E-state index in [1.165, 1.54) is 0 Å². The molecule has 1 rings (SSSR count). The van der Waals surface area contributed by atoms with E-state index in [4.69, 9.17) is 9.84 Å². The summed E-state index contributed by atoms with van der Waals surface area (Å²) in [5.74, 6) is 0.520. The van der Waals surface area contributed by atoms with E-state index in [-0.39, 0.29) is 12.5 Å². The predicted molar refractivity (Wildman–Crippen MR) is 73.4 cm³/mol. The third-order valence-electron chi connectivity index (χ3n) is 2.68. The fourth-order valence-corrected chi connectivity index (χ4v) is 1.74. The molecular formula is C13H21N3O3. The summed E-state index contributed by atoms with van der Waals surface area (Å²) in [5.41, 5.74) is 1.33. The molecule has 0 unspecified atom stereocenters. The molecule has 1 amide bonds. The highest BCUT2D eigenvalue weighted by Gasteiger charge is 2.16. The quantitative estimate of drug-likeness (QED) is 0.753. The second-order valence-corrected chi connectivity index (χ2v) is 4.14. The Labute approximate surface area is 113 Å². The number of rotatable bonds is 7. The van der Waals surface area contributed by atoms with Crippen molar-refractivity contribution in [3.8, 4) is 0 Å². The lowest BCUT2D eigenvalue weighted by Crippen LogP contribution is -2.36. The van der Waals surface area contributed by atoms with Crippen molar-refractivity contribution >= 4 is 11.7 Å². The molecule has 0 spiro atoms. The minimum absolute atomic E-state index is 0.0710. The maximum atomic E-state index is 12.4. The number of pyridine rings is 1. The number of ether oxygens (including phenoxy) is 1. The summed E-state index contributed by atoms with van der Waals surface area (Å²) in [4.78, 5) is 18.2. The van der Waals surface area contributed by atoms with Crippen LogP contribution in [0.4, 0.5) is 5.82 Å². The molecule has 2 N–H and O–H groups in total. The number of aliphatic hydroxyl groups excluding tert-OH is 1. The first-order chi connectivity index (χ1) is 9.12. The standard InChI is InChI=1S/C13H21N3O3/c1-10-8-11(9-12(14-2)15-10)13(18)16(4-6-17)5-7-19-3/h8-9,17H,4-7H2,1-3H3,(H,14,15). The van der Waals surface area contributed by atoms with E-state index in [0.717, 1.165) is 5.69 Å². The van der Waals surface area contributed by atoms with Crippen molar-refractivity contribution in [1.82, 2.24) is 9.88 Å². The minimum atomic E-state index is -0.131. The molecule has 0 saturated carbocycles. The lowest BCUT2D eigenvalue weighted by molar-refractivity contribution is 0.0656. The van der Waals surface area contributed by atoms with Gasteiger partial charge < -0.3 is 20.1 Å². The van der Waals surface area contributed by atoms with Crippen molar-refractivity contribution in [3.63, 3.8) is 0 Å². The Morgan fingerprint density at radius 2 is 2.21 bits per heavy atom. The minimum Gasteiger partial charge on any atom is -0.395 e. The third-order valence-corrected chi connectivity index (χ3v) is 2.68.